The fraction of sp³-hybridized carbons (Fsp3) is 0.474. The minimum absolute atomic E-state index is 0.0739. The fourth-order valence-electron chi connectivity index (χ4n) is 2.92. The van der Waals surface area contributed by atoms with E-state index in [0.717, 1.165) is 49.1 Å². The molecule has 1 amide bonds. The lowest BCUT2D eigenvalue weighted by atomic mass is 9.97. The number of nitrogens with zero attached hydrogens (tertiary/aromatic N) is 1. The van der Waals surface area contributed by atoms with Crippen LogP contribution in [0.2, 0.25) is 0 Å². The molecule has 1 aromatic rings. The zero-order chi connectivity index (χ0) is 16.8. The van der Waals surface area contributed by atoms with Gasteiger partial charge in [0.05, 0.1) is 6.61 Å². The van der Waals surface area contributed by atoms with Crippen LogP contribution in [0.4, 0.5) is 5.69 Å². The molecule has 0 unspecified atom stereocenters. The van der Waals surface area contributed by atoms with Crippen molar-refractivity contribution in [3.05, 3.63) is 35.4 Å². The van der Waals surface area contributed by atoms with Gasteiger partial charge in [0.15, 0.2) is 0 Å². The third-order valence-corrected chi connectivity index (χ3v) is 4.10. The Labute approximate surface area is 138 Å². The number of ether oxygens (including phenoxy) is 1. The number of rotatable bonds is 6. The first-order chi connectivity index (χ1) is 11.1. The highest BCUT2D eigenvalue weighted by molar-refractivity contribution is 5.95. The Hall–Kier alpha value is -2.10. The van der Waals surface area contributed by atoms with Crippen LogP contribution in [0.5, 0.6) is 0 Å². The normalized spacial score (nSPS) is 13.9. The first-order valence-corrected chi connectivity index (χ1v) is 8.35. The maximum absolute atomic E-state index is 11.8. The molecule has 23 heavy (non-hydrogen) atoms. The van der Waals surface area contributed by atoms with Gasteiger partial charge in [-0.3, -0.25) is 4.79 Å². The number of carbonyl (C=O) groups is 2. The summed E-state index contributed by atoms with van der Waals surface area (Å²) in [5, 5.41) is 0. The smallest absolute Gasteiger partial charge is 0.331 e. The molecule has 124 valence electrons. The Kier molecular flexibility index (Phi) is 5.97. The first-order valence-electron chi connectivity index (χ1n) is 8.35. The molecule has 1 heterocycles. The Morgan fingerprint density at radius 2 is 2.09 bits per heavy atom. The van der Waals surface area contributed by atoms with E-state index in [0.29, 0.717) is 6.61 Å². The van der Waals surface area contributed by atoms with Crippen molar-refractivity contribution >= 4 is 23.1 Å². The summed E-state index contributed by atoms with van der Waals surface area (Å²) in [5.41, 5.74) is 4.22. The van der Waals surface area contributed by atoms with E-state index in [4.69, 9.17) is 4.74 Å². The van der Waals surface area contributed by atoms with E-state index in [2.05, 4.69) is 13.0 Å². The van der Waals surface area contributed by atoms with Gasteiger partial charge in [-0.15, -0.1) is 0 Å². The lowest BCUT2D eigenvalue weighted by molar-refractivity contribution is -0.137. The molecule has 0 fully saturated rings. The minimum Gasteiger partial charge on any atom is -0.463 e. The molecular weight excluding hydrogens is 290 g/mol. The molecule has 4 heteroatoms. The standard InChI is InChI=1S/C19H25NO3/c1-4-6-7-15(13-19(22)23-5-2)16-8-9-18-17(12-16)10-11-20(18)14(3)21/h8-9,12-13H,4-7,10-11H2,1-3H3/b15-13-. The zero-order valence-corrected chi connectivity index (χ0v) is 14.2. The topological polar surface area (TPSA) is 46.6 Å². The molecular formula is C19H25NO3. The molecule has 0 saturated heterocycles. The van der Waals surface area contributed by atoms with Crippen LogP contribution in [0.25, 0.3) is 5.57 Å². The average Bonchev–Trinajstić information content (AvgIpc) is 2.94. The summed E-state index contributed by atoms with van der Waals surface area (Å²) in [6, 6.07) is 6.10. The van der Waals surface area contributed by atoms with Crippen LogP contribution >= 0.6 is 0 Å². The maximum Gasteiger partial charge on any atom is 0.331 e. The van der Waals surface area contributed by atoms with Gasteiger partial charge in [-0.1, -0.05) is 19.4 Å². The van der Waals surface area contributed by atoms with Crippen molar-refractivity contribution in [2.75, 3.05) is 18.1 Å². The SMILES string of the molecule is CCCC/C(=C/C(=O)OCC)c1ccc2c(c1)CCN2C(C)=O. The van der Waals surface area contributed by atoms with Crippen molar-refractivity contribution in [2.24, 2.45) is 0 Å². The Bertz CT molecular complexity index is 619. The highest BCUT2D eigenvalue weighted by atomic mass is 16.5. The summed E-state index contributed by atoms with van der Waals surface area (Å²) in [6.07, 6.45) is 5.43. The van der Waals surface area contributed by atoms with E-state index >= 15 is 0 Å². The number of esters is 1. The number of fused-ring (bicyclic) bond motifs is 1. The van der Waals surface area contributed by atoms with E-state index in [1.165, 1.54) is 5.56 Å². The van der Waals surface area contributed by atoms with E-state index in [9.17, 15) is 9.59 Å². The van der Waals surface area contributed by atoms with Gasteiger partial charge in [0, 0.05) is 25.2 Å². The Balaban J connectivity index is 2.29. The van der Waals surface area contributed by atoms with Crippen molar-refractivity contribution in [3.8, 4) is 0 Å². The predicted molar refractivity (Wildman–Crippen MR) is 92.3 cm³/mol. The number of hydrogen-bond acceptors (Lipinski definition) is 3. The van der Waals surface area contributed by atoms with E-state index in [-0.39, 0.29) is 11.9 Å². The average molecular weight is 315 g/mol. The van der Waals surface area contributed by atoms with Crippen molar-refractivity contribution in [1.82, 2.24) is 0 Å². The van der Waals surface area contributed by atoms with Crippen molar-refractivity contribution in [2.45, 2.75) is 46.5 Å². The maximum atomic E-state index is 11.8. The summed E-state index contributed by atoms with van der Waals surface area (Å²) in [4.78, 5) is 25.3. The van der Waals surface area contributed by atoms with Crippen molar-refractivity contribution in [1.29, 1.82) is 0 Å². The zero-order valence-electron chi connectivity index (χ0n) is 14.2. The molecule has 1 aliphatic heterocycles. The third kappa shape index (κ3) is 4.21. The number of hydrogen-bond donors (Lipinski definition) is 0. The highest BCUT2D eigenvalue weighted by Crippen LogP contribution is 2.32. The second-order valence-electron chi connectivity index (χ2n) is 5.79. The molecule has 0 radical (unpaired) electrons. The number of allylic oxidation sites excluding steroid dienone is 1. The van der Waals surface area contributed by atoms with Crippen LogP contribution in [0, 0.1) is 0 Å². The van der Waals surface area contributed by atoms with Crippen LogP contribution in [0.1, 0.15) is 51.2 Å². The summed E-state index contributed by atoms with van der Waals surface area (Å²) >= 11 is 0. The number of carbonyl (C=O) groups excluding carboxylic acids is 2. The molecule has 0 N–H and O–H groups in total. The second kappa shape index (κ2) is 7.95. The van der Waals surface area contributed by atoms with Gasteiger partial charge in [-0.2, -0.15) is 0 Å². The quantitative estimate of drug-likeness (QED) is 0.593. The Morgan fingerprint density at radius 3 is 2.74 bits per heavy atom. The molecule has 1 aliphatic rings. The number of amides is 1. The summed E-state index contributed by atoms with van der Waals surface area (Å²) in [5.74, 6) is -0.214. The molecule has 0 spiro atoms. The lowest BCUT2D eigenvalue weighted by Crippen LogP contribution is -2.25. The first kappa shape index (κ1) is 17.3. The van der Waals surface area contributed by atoms with Crippen LogP contribution in [-0.2, 0) is 20.7 Å². The van der Waals surface area contributed by atoms with Crippen LogP contribution < -0.4 is 4.90 Å². The molecule has 0 atom stereocenters. The molecule has 1 aromatic carbocycles. The summed E-state index contributed by atoms with van der Waals surface area (Å²) < 4.78 is 5.05. The molecule has 0 saturated carbocycles. The van der Waals surface area contributed by atoms with Gasteiger partial charge in [-0.25, -0.2) is 4.79 Å². The lowest BCUT2D eigenvalue weighted by Gasteiger charge is -2.15. The Morgan fingerprint density at radius 1 is 1.30 bits per heavy atom. The van der Waals surface area contributed by atoms with Gasteiger partial charge >= 0.3 is 5.97 Å². The monoisotopic (exact) mass is 315 g/mol. The highest BCUT2D eigenvalue weighted by Gasteiger charge is 2.22. The van der Waals surface area contributed by atoms with Gasteiger partial charge in [-0.05, 0) is 55.0 Å². The van der Waals surface area contributed by atoms with Gasteiger partial charge in [0.1, 0.15) is 0 Å². The van der Waals surface area contributed by atoms with Crippen LogP contribution in [-0.4, -0.2) is 25.0 Å². The van der Waals surface area contributed by atoms with Gasteiger partial charge < -0.3 is 9.64 Å². The van der Waals surface area contributed by atoms with E-state index in [1.54, 1.807) is 17.9 Å². The number of anilines is 1. The molecule has 4 nitrogen and oxygen atoms in total. The minimum atomic E-state index is -0.288. The van der Waals surface area contributed by atoms with Crippen LogP contribution in [0.3, 0.4) is 0 Å². The van der Waals surface area contributed by atoms with Gasteiger partial charge in [0.2, 0.25) is 5.91 Å². The molecule has 0 aliphatic carbocycles. The van der Waals surface area contributed by atoms with Crippen molar-refractivity contribution in [3.63, 3.8) is 0 Å². The van der Waals surface area contributed by atoms with E-state index < -0.39 is 0 Å². The summed E-state index contributed by atoms with van der Waals surface area (Å²) in [6.45, 7) is 6.66. The third-order valence-electron chi connectivity index (χ3n) is 4.10. The number of benzene rings is 1. The second-order valence-corrected chi connectivity index (χ2v) is 5.79. The van der Waals surface area contributed by atoms with Crippen molar-refractivity contribution < 1.29 is 14.3 Å². The van der Waals surface area contributed by atoms with E-state index in [1.807, 2.05) is 19.1 Å². The number of unbranched alkanes of at least 4 members (excludes halogenated alkanes) is 1. The fourth-order valence-corrected chi connectivity index (χ4v) is 2.92. The predicted octanol–water partition coefficient (Wildman–Crippen LogP) is 3.73. The summed E-state index contributed by atoms with van der Waals surface area (Å²) in [7, 11) is 0. The largest absolute Gasteiger partial charge is 0.463 e. The van der Waals surface area contributed by atoms with Gasteiger partial charge in [0.25, 0.3) is 0 Å². The molecule has 0 aromatic heterocycles. The van der Waals surface area contributed by atoms with Crippen LogP contribution in [0.15, 0.2) is 24.3 Å². The molecule has 0 bridgehead atoms. The molecule has 2 rings (SSSR count).